The number of para-hydroxylation sites is 1. The molecule has 3 aromatic rings. The van der Waals surface area contributed by atoms with Crippen molar-refractivity contribution in [2.75, 3.05) is 0 Å². The molecule has 0 aliphatic carbocycles. The van der Waals surface area contributed by atoms with Crippen molar-refractivity contribution in [1.29, 1.82) is 0 Å². The number of aromatic nitrogens is 1. The van der Waals surface area contributed by atoms with E-state index in [0.717, 1.165) is 27.6 Å². The highest BCUT2D eigenvalue weighted by atomic mass is 16.4. The van der Waals surface area contributed by atoms with Gasteiger partial charge in [0, 0.05) is 29.9 Å². The zero-order valence-corrected chi connectivity index (χ0v) is 14.2. The van der Waals surface area contributed by atoms with E-state index in [1.807, 2.05) is 61.7 Å². The summed E-state index contributed by atoms with van der Waals surface area (Å²) in [7, 11) is 0. The number of hydrogen-bond acceptors (Lipinski definition) is 2. The van der Waals surface area contributed by atoms with Crippen molar-refractivity contribution in [2.24, 2.45) is 5.92 Å². The molecule has 2 aromatic carbocycles. The molecule has 1 unspecified atom stereocenters. The number of rotatable bonds is 7. The Labute approximate surface area is 146 Å². The van der Waals surface area contributed by atoms with Crippen LogP contribution in [0.1, 0.15) is 23.1 Å². The predicted octanol–water partition coefficient (Wildman–Crippen LogP) is 3.92. The van der Waals surface area contributed by atoms with Crippen LogP contribution in [0.5, 0.6) is 0 Å². The largest absolute Gasteiger partial charge is 0.481 e. The van der Waals surface area contributed by atoms with Gasteiger partial charge in [-0.25, -0.2) is 0 Å². The second kappa shape index (κ2) is 7.34. The van der Waals surface area contributed by atoms with Gasteiger partial charge < -0.3 is 10.1 Å². The number of H-pyrrole nitrogens is 1. The van der Waals surface area contributed by atoms with Crippen LogP contribution in [0.25, 0.3) is 10.9 Å². The molecule has 1 heterocycles. The number of ketones is 1. The number of Topliss-reactive ketones (excluding diaryl/α,β-unsaturated/α-hetero) is 1. The normalized spacial score (nSPS) is 12.2. The van der Waals surface area contributed by atoms with Crippen LogP contribution in [0.2, 0.25) is 0 Å². The SMILES string of the molecule is Cc1ccc(CC(=O)CC(Cc2c[nH]c3ccccc23)C(=O)O)cc1. The van der Waals surface area contributed by atoms with E-state index in [4.69, 9.17) is 0 Å². The van der Waals surface area contributed by atoms with Crippen LogP contribution in [0.3, 0.4) is 0 Å². The molecular formula is C21H21NO3. The van der Waals surface area contributed by atoms with E-state index in [0.29, 0.717) is 6.42 Å². The summed E-state index contributed by atoms with van der Waals surface area (Å²) in [5.41, 5.74) is 3.98. The average molecular weight is 335 g/mol. The number of nitrogens with one attached hydrogen (secondary N) is 1. The van der Waals surface area contributed by atoms with Gasteiger partial charge in [0.25, 0.3) is 0 Å². The molecule has 2 N–H and O–H groups in total. The van der Waals surface area contributed by atoms with Gasteiger partial charge in [-0.2, -0.15) is 0 Å². The lowest BCUT2D eigenvalue weighted by Gasteiger charge is -2.11. The van der Waals surface area contributed by atoms with Crippen LogP contribution in [0, 0.1) is 12.8 Å². The summed E-state index contributed by atoms with van der Waals surface area (Å²) in [6.45, 7) is 1.99. The fourth-order valence-corrected chi connectivity index (χ4v) is 3.09. The van der Waals surface area contributed by atoms with Gasteiger partial charge in [0.1, 0.15) is 5.78 Å². The van der Waals surface area contributed by atoms with E-state index in [9.17, 15) is 14.7 Å². The predicted molar refractivity (Wildman–Crippen MR) is 97.6 cm³/mol. The number of carboxylic acid groups (broad SMARTS) is 1. The van der Waals surface area contributed by atoms with Crippen molar-refractivity contribution in [2.45, 2.75) is 26.2 Å². The first-order valence-corrected chi connectivity index (χ1v) is 8.38. The molecular weight excluding hydrogens is 314 g/mol. The van der Waals surface area contributed by atoms with Crippen LogP contribution in [-0.2, 0) is 22.4 Å². The zero-order chi connectivity index (χ0) is 17.8. The Morgan fingerprint density at radius 1 is 1.08 bits per heavy atom. The maximum absolute atomic E-state index is 12.3. The Hall–Kier alpha value is -2.88. The minimum atomic E-state index is -0.928. The molecule has 0 aliphatic heterocycles. The first-order valence-electron chi connectivity index (χ1n) is 8.38. The molecule has 0 bridgehead atoms. The highest BCUT2D eigenvalue weighted by molar-refractivity contribution is 5.87. The van der Waals surface area contributed by atoms with Gasteiger partial charge in [0.05, 0.1) is 5.92 Å². The van der Waals surface area contributed by atoms with Crippen molar-refractivity contribution in [3.63, 3.8) is 0 Å². The number of aromatic amines is 1. The summed E-state index contributed by atoms with van der Waals surface area (Å²) >= 11 is 0. The topological polar surface area (TPSA) is 70.2 Å². The van der Waals surface area contributed by atoms with Gasteiger partial charge in [-0.3, -0.25) is 9.59 Å². The van der Waals surface area contributed by atoms with Crippen molar-refractivity contribution in [1.82, 2.24) is 4.98 Å². The molecule has 128 valence electrons. The average Bonchev–Trinajstić information content (AvgIpc) is 2.99. The highest BCUT2D eigenvalue weighted by Crippen LogP contribution is 2.23. The quantitative estimate of drug-likeness (QED) is 0.687. The summed E-state index contributed by atoms with van der Waals surface area (Å²) in [5.74, 6) is -1.68. The molecule has 0 fully saturated rings. The van der Waals surface area contributed by atoms with Crippen LogP contribution in [-0.4, -0.2) is 21.8 Å². The Morgan fingerprint density at radius 3 is 2.52 bits per heavy atom. The van der Waals surface area contributed by atoms with E-state index in [-0.39, 0.29) is 18.6 Å². The fourth-order valence-electron chi connectivity index (χ4n) is 3.09. The van der Waals surface area contributed by atoms with Gasteiger partial charge in [-0.15, -0.1) is 0 Å². The molecule has 0 radical (unpaired) electrons. The number of aryl methyl sites for hydroxylation is 1. The van der Waals surface area contributed by atoms with Crippen molar-refractivity contribution in [3.05, 3.63) is 71.4 Å². The molecule has 3 rings (SSSR count). The maximum Gasteiger partial charge on any atom is 0.307 e. The molecule has 25 heavy (non-hydrogen) atoms. The Morgan fingerprint density at radius 2 is 1.80 bits per heavy atom. The van der Waals surface area contributed by atoms with Gasteiger partial charge in [0.2, 0.25) is 0 Å². The molecule has 0 aliphatic rings. The van der Waals surface area contributed by atoms with E-state index in [2.05, 4.69) is 4.98 Å². The highest BCUT2D eigenvalue weighted by Gasteiger charge is 2.23. The number of benzene rings is 2. The van der Waals surface area contributed by atoms with Crippen LogP contribution in [0.4, 0.5) is 0 Å². The second-order valence-corrected chi connectivity index (χ2v) is 6.50. The van der Waals surface area contributed by atoms with Gasteiger partial charge in [-0.05, 0) is 30.5 Å². The third-order valence-electron chi connectivity index (χ3n) is 4.49. The van der Waals surface area contributed by atoms with E-state index >= 15 is 0 Å². The summed E-state index contributed by atoms with van der Waals surface area (Å²) in [6, 6.07) is 15.5. The van der Waals surface area contributed by atoms with Crippen LogP contribution in [0.15, 0.2) is 54.7 Å². The minimum Gasteiger partial charge on any atom is -0.481 e. The van der Waals surface area contributed by atoms with E-state index < -0.39 is 11.9 Å². The zero-order valence-electron chi connectivity index (χ0n) is 14.2. The van der Waals surface area contributed by atoms with E-state index in [1.54, 1.807) is 0 Å². The number of hydrogen-bond donors (Lipinski definition) is 2. The minimum absolute atomic E-state index is 0.0444. The first kappa shape index (κ1) is 17.0. The molecule has 0 amide bonds. The molecule has 4 heteroatoms. The fraction of sp³-hybridized carbons (Fsp3) is 0.238. The number of carbonyl (C=O) groups excluding carboxylic acids is 1. The van der Waals surface area contributed by atoms with Crippen LogP contribution >= 0.6 is 0 Å². The maximum atomic E-state index is 12.3. The molecule has 0 saturated heterocycles. The lowest BCUT2D eigenvalue weighted by molar-refractivity contribution is -0.143. The monoisotopic (exact) mass is 335 g/mol. The number of carboxylic acids is 1. The summed E-state index contributed by atoms with van der Waals surface area (Å²) in [6.07, 6.45) is 2.50. The van der Waals surface area contributed by atoms with Crippen LogP contribution < -0.4 is 0 Å². The summed E-state index contributed by atoms with van der Waals surface area (Å²) in [5, 5.41) is 10.5. The van der Waals surface area contributed by atoms with Crippen molar-refractivity contribution < 1.29 is 14.7 Å². The summed E-state index contributed by atoms with van der Waals surface area (Å²) in [4.78, 5) is 27.1. The molecule has 0 saturated carbocycles. The molecule has 1 aromatic heterocycles. The van der Waals surface area contributed by atoms with Crippen molar-refractivity contribution in [3.8, 4) is 0 Å². The molecule has 0 spiro atoms. The third-order valence-corrected chi connectivity index (χ3v) is 4.49. The standard InChI is InChI=1S/C21H21NO3/c1-14-6-8-15(9-7-14)10-18(23)12-16(21(24)25)11-17-13-22-20-5-3-2-4-19(17)20/h2-9,13,16,22H,10-12H2,1H3,(H,24,25). The molecule has 1 atom stereocenters. The first-order chi connectivity index (χ1) is 12.0. The third kappa shape index (κ3) is 4.15. The van der Waals surface area contributed by atoms with Gasteiger partial charge in [-0.1, -0.05) is 48.0 Å². The summed E-state index contributed by atoms with van der Waals surface area (Å²) < 4.78 is 0. The Kier molecular flexibility index (Phi) is 4.98. The number of carbonyl (C=O) groups is 2. The van der Waals surface area contributed by atoms with Gasteiger partial charge in [0.15, 0.2) is 0 Å². The Balaban J connectivity index is 1.69. The number of fused-ring (bicyclic) bond motifs is 1. The number of aliphatic carboxylic acids is 1. The lowest BCUT2D eigenvalue weighted by atomic mass is 9.92. The Bertz CT molecular complexity index is 893. The molecule has 4 nitrogen and oxygen atoms in total. The van der Waals surface area contributed by atoms with E-state index in [1.165, 1.54) is 0 Å². The smallest absolute Gasteiger partial charge is 0.307 e. The second-order valence-electron chi connectivity index (χ2n) is 6.50. The van der Waals surface area contributed by atoms with Gasteiger partial charge >= 0.3 is 5.97 Å². The lowest BCUT2D eigenvalue weighted by Crippen LogP contribution is -2.21. The van der Waals surface area contributed by atoms with Crippen molar-refractivity contribution >= 4 is 22.7 Å².